The Morgan fingerprint density at radius 2 is 1.73 bits per heavy atom. The highest BCUT2D eigenvalue weighted by Gasteiger charge is 2.21. The zero-order valence-electron chi connectivity index (χ0n) is 23.6. The van der Waals surface area contributed by atoms with Crippen LogP contribution in [0.4, 0.5) is 0 Å². The summed E-state index contributed by atoms with van der Waals surface area (Å²) in [5.41, 5.74) is 4.90. The molecular formula is C32H47N3O2. The number of aromatic nitrogens is 1. The summed E-state index contributed by atoms with van der Waals surface area (Å²) in [6, 6.07) is 17.0. The first-order chi connectivity index (χ1) is 17.7. The van der Waals surface area contributed by atoms with Crippen LogP contribution in [0.25, 0.3) is 10.9 Å². The third-order valence-electron chi connectivity index (χ3n) is 7.15. The highest BCUT2D eigenvalue weighted by molar-refractivity contribution is 5.83. The van der Waals surface area contributed by atoms with Crippen LogP contribution < -0.4 is 0 Å². The van der Waals surface area contributed by atoms with Crippen molar-refractivity contribution in [2.24, 2.45) is 0 Å². The van der Waals surface area contributed by atoms with Gasteiger partial charge in [-0.3, -0.25) is 9.69 Å². The predicted octanol–water partition coefficient (Wildman–Crippen LogP) is 6.30. The number of hydrogen-bond acceptors (Lipinski definition) is 3. The molecule has 3 aromatic rings. The highest BCUT2D eigenvalue weighted by Crippen LogP contribution is 2.23. The number of aliphatic hydroxyl groups excluding tert-OH is 1. The lowest BCUT2D eigenvalue weighted by Gasteiger charge is -2.29. The molecule has 1 atom stereocenters. The second-order valence-electron chi connectivity index (χ2n) is 11.4. The monoisotopic (exact) mass is 505 g/mol. The third-order valence-corrected chi connectivity index (χ3v) is 7.15. The molecule has 2 aromatic carbocycles. The van der Waals surface area contributed by atoms with Gasteiger partial charge in [-0.15, -0.1) is 0 Å². The van der Waals surface area contributed by atoms with Gasteiger partial charge in [-0.2, -0.15) is 0 Å². The molecule has 1 heterocycles. The minimum atomic E-state index is -0.390. The van der Waals surface area contributed by atoms with Gasteiger partial charge in [0.1, 0.15) is 0 Å². The first-order valence-corrected chi connectivity index (χ1v) is 14.0. The number of para-hydroxylation sites is 1. The number of amides is 1. The maximum Gasteiger partial charge on any atom is 0.237 e. The van der Waals surface area contributed by atoms with E-state index in [4.69, 9.17) is 0 Å². The number of carbonyl (C=O) groups is 1. The molecule has 0 spiro atoms. The molecular weight excluding hydrogens is 458 g/mol. The van der Waals surface area contributed by atoms with Crippen LogP contribution in [0.1, 0.15) is 77.0 Å². The lowest BCUT2D eigenvalue weighted by Crippen LogP contribution is -2.43. The van der Waals surface area contributed by atoms with Crippen molar-refractivity contribution in [2.45, 2.75) is 84.8 Å². The standard InChI is InChI=1S/C32H47N3O2/c1-6-8-19-34(23-28(36)11-7-2)24-31(37)35(22-25-14-16-27(17-15-25)32(3,4)5)20-18-26-21-33-30-13-10-9-12-29(26)30/h9-10,12-17,21,28,33,36H,6-8,11,18-20,22-24H2,1-5H3/t28-/m0/s1. The van der Waals surface area contributed by atoms with Crippen LogP contribution in [-0.2, 0) is 23.2 Å². The van der Waals surface area contributed by atoms with E-state index in [0.717, 1.165) is 49.7 Å². The molecule has 37 heavy (non-hydrogen) atoms. The summed E-state index contributed by atoms with van der Waals surface area (Å²) < 4.78 is 0. The summed E-state index contributed by atoms with van der Waals surface area (Å²) in [6.45, 7) is 13.9. The molecule has 0 radical (unpaired) electrons. The Morgan fingerprint density at radius 3 is 2.41 bits per heavy atom. The average Bonchev–Trinajstić information content (AvgIpc) is 3.28. The van der Waals surface area contributed by atoms with E-state index in [9.17, 15) is 9.90 Å². The van der Waals surface area contributed by atoms with Crippen molar-refractivity contribution in [1.82, 2.24) is 14.8 Å². The Bertz CT molecular complexity index is 1100. The van der Waals surface area contributed by atoms with E-state index in [0.29, 0.717) is 26.2 Å². The Hall–Kier alpha value is -2.63. The van der Waals surface area contributed by atoms with E-state index in [1.807, 2.05) is 11.0 Å². The number of rotatable bonds is 14. The smallest absolute Gasteiger partial charge is 0.237 e. The highest BCUT2D eigenvalue weighted by atomic mass is 16.3. The van der Waals surface area contributed by atoms with Gasteiger partial charge in [0.25, 0.3) is 0 Å². The molecule has 0 saturated carbocycles. The Kier molecular flexibility index (Phi) is 10.8. The van der Waals surface area contributed by atoms with Crippen molar-refractivity contribution in [3.8, 4) is 0 Å². The number of aliphatic hydroxyl groups is 1. The SMILES string of the molecule is CCCCN(CC(=O)N(CCc1c[nH]c2ccccc12)Cc1ccc(C(C)(C)C)cc1)C[C@@H](O)CCC. The van der Waals surface area contributed by atoms with Gasteiger partial charge in [0.15, 0.2) is 0 Å². The van der Waals surface area contributed by atoms with E-state index >= 15 is 0 Å². The number of H-pyrrole nitrogens is 1. The third kappa shape index (κ3) is 8.72. The van der Waals surface area contributed by atoms with Gasteiger partial charge in [-0.1, -0.05) is 89.9 Å². The molecule has 202 valence electrons. The molecule has 0 aliphatic heterocycles. The maximum atomic E-state index is 13.7. The van der Waals surface area contributed by atoms with E-state index in [1.54, 1.807) is 0 Å². The van der Waals surface area contributed by atoms with Crippen LogP contribution in [0.15, 0.2) is 54.7 Å². The van der Waals surface area contributed by atoms with E-state index in [2.05, 4.69) is 93.2 Å². The Labute approximate surface area is 223 Å². The number of fused-ring (bicyclic) bond motifs is 1. The molecule has 5 nitrogen and oxygen atoms in total. The van der Waals surface area contributed by atoms with Crippen LogP contribution in [0, 0.1) is 0 Å². The lowest BCUT2D eigenvalue weighted by atomic mass is 9.87. The van der Waals surface area contributed by atoms with Gasteiger partial charge in [0, 0.05) is 36.7 Å². The van der Waals surface area contributed by atoms with Crippen molar-refractivity contribution in [2.75, 3.05) is 26.2 Å². The normalized spacial score (nSPS) is 12.8. The number of hydrogen-bond donors (Lipinski definition) is 2. The fourth-order valence-electron chi connectivity index (χ4n) is 4.85. The Morgan fingerprint density at radius 1 is 1.00 bits per heavy atom. The maximum absolute atomic E-state index is 13.7. The van der Waals surface area contributed by atoms with Crippen LogP contribution in [-0.4, -0.2) is 58.1 Å². The summed E-state index contributed by atoms with van der Waals surface area (Å²) in [7, 11) is 0. The number of unbranched alkanes of at least 4 members (excludes halogenated alkanes) is 1. The first-order valence-electron chi connectivity index (χ1n) is 14.0. The molecule has 5 heteroatoms. The molecule has 0 fully saturated rings. The summed E-state index contributed by atoms with van der Waals surface area (Å²) in [6.07, 6.45) is 6.27. The number of benzene rings is 2. The number of nitrogens with one attached hydrogen (secondary N) is 1. The van der Waals surface area contributed by atoms with Crippen LogP contribution in [0.2, 0.25) is 0 Å². The zero-order chi connectivity index (χ0) is 26.8. The second kappa shape index (κ2) is 13.8. The van der Waals surface area contributed by atoms with Crippen molar-refractivity contribution >= 4 is 16.8 Å². The van der Waals surface area contributed by atoms with Crippen molar-refractivity contribution in [3.63, 3.8) is 0 Å². The lowest BCUT2D eigenvalue weighted by molar-refractivity contribution is -0.133. The van der Waals surface area contributed by atoms with Gasteiger partial charge >= 0.3 is 0 Å². The van der Waals surface area contributed by atoms with E-state index in [-0.39, 0.29) is 17.4 Å². The molecule has 0 saturated heterocycles. The van der Waals surface area contributed by atoms with E-state index in [1.165, 1.54) is 16.5 Å². The van der Waals surface area contributed by atoms with Gasteiger partial charge in [0.2, 0.25) is 5.91 Å². The minimum Gasteiger partial charge on any atom is -0.392 e. The Balaban J connectivity index is 1.77. The van der Waals surface area contributed by atoms with Gasteiger partial charge in [0.05, 0.1) is 12.6 Å². The molecule has 0 aliphatic rings. The first kappa shape index (κ1) is 28.9. The summed E-state index contributed by atoms with van der Waals surface area (Å²) in [5.74, 6) is 0.125. The minimum absolute atomic E-state index is 0.0997. The predicted molar refractivity (Wildman–Crippen MR) is 155 cm³/mol. The summed E-state index contributed by atoms with van der Waals surface area (Å²) in [4.78, 5) is 21.2. The van der Waals surface area contributed by atoms with Gasteiger partial charge < -0.3 is 15.0 Å². The molecule has 1 aromatic heterocycles. The fourth-order valence-corrected chi connectivity index (χ4v) is 4.85. The molecule has 2 N–H and O–H groups in total. The molecule has 1 amide bonds. The van der Waals surface area contributed by atoms with Gasteiger partial charge in [-0.25, -0.2) is 0 Å². The van der Waals surface area contributed by atoms with Gasteiger partial charge in [-0.05, 0) is 54.0 Å². The van der Waals surface area contributed by atoms with Crippen molar-refractivity contribution in [3.05, 3.63) is 71.4 Å². The molecule has 0 aliphatic carbocycles. The number of carbonyl (C=O) groups excluding carboxylic acids is 1. The topological polar surface area (TPSA) is 59.6 Å². The molecule has 0 bridgehead atoms. The number of aromatic amines is 1. The summed E-state index contributed by atoms with van der Waals surface area (Å²) >= 11 is 0. The molecule has 0 unspecified atom stereocenters. The van der Waals surface area contributed by atoms with Crippen LogP contribution in [0.5, 0.6) is 0 Å². The van der Waals surface area contributed by atoms with E-state index < -0.39 is 0 Å². The van der Waals surface area contributed by atoms with Crippen molar-refractivity contribution in [1.29, 1.82) is 0 Å². The van der Waals surface area contributed by atoms with Crippen LogP contribution in [0.3, 0.4) is 0 Å². The number of nitrogens with zero attached hydrogens (tertiary/aromatic N) is 2. The molecule has 3 rings (SSSR count). The fraction of sp³-hybridized carbons (Fsp3) is 0.531. The largest absolute Gasteiger partial charge is 0.392 e. The van der Waals surface area contributed by atoms with Crippen molar-refractivity contribution < 1.29 is 9.90 Å². The quantitative estimate of drug-likeness (QED) is 0.270. The zero-order valence-corrected chi connectivity index (χ0v) is 23.6. The average molecular weight is 506 g/mol. The second-order valence-corrected chi connectivity index (χ2v) is 11.4. The summed E-state index contributed by atoms with van der Waals surface area (Å²) in [5, 5.41) is 11.7. The van der Waals surface area contributed by atoms with Crippen LogP contribution >= 0.6 is 0 Å².